The van der Waals surface area contributed by atoms with Crippen LogP contribution in [0.3, 0.4) is 0 Å². The number of hydrogen-bond donors (Lipinski definition) is 0. The van der Waals surface area contributed by atoms with Gasteiger partial charge in [-0.2, -0.15) is 0 Å². The molecule has 1 aromatic carbocycles. The Morgan fingerprint density at radius 1 is 1.17 bits per heavy atom. The van der Waals surface area contributed by atoms with Gasteiger partial charge in [-0.3, -0.25) is 9.59 Å². The lowest BCUT2D eigenvalue weighted by Crippen LogP contribution is -2.42. The Morgan fingerprint density at radius 2 is 1.79 bits per heavy atom. The summed E-state index contributed by atoms with van der Waals surface area (Å²) in [5, 5.41) is 0.418. The summed E-state index contributed by atoms with van der Waals surface area (Å²) in [6.45, 7) is 9.34. The Bertz CT molecular complexity index is 547. The number of carbonyl (C=O) groups excluding carboxylic acids is 2. The SMILES string of the molecule is CCN(CC)CCN(CC(C)C(=O)OC)C(=O)c1ccccc1Cl. The van der Waals surface area contributed by atoms with Crippen LogP contribution in [0.25, 0.3) is 0 Å². The number of nitrogens with zero attached hydrogens (tertiary/aromatic N) is 2. The molecule has 0 bridgehead atoms. The van der Waals surface area contributed by atoms with Crippen LogP contribution in [0.4, 0.5) is 0 Å². The number of carbonyl (C=O) groups is 2. The Kier molecular flexibility index (Phi) is 8.79. The summed E-state index contributed by atoms with van der Waals surface area (Å²) in [5.74, 6) is -0.878. The highest BCUT2D eigenvalue weighted by molar-refractivity contribution is 6.33. The molecule has 0 aliphatic rings. The summed E-state index contributed by atoms with van der Waals surface area (Å²) in [5.41, 5.74) is 0.454. The first-order chi connectivity index (χ1) is 11.4. The van der Waals surface area contributed by atoms with E-state index < -0.39 is 5.92 Å². The number of halogens is 1. The van der Waals surface area contributed by atoms with Gasteiger partial charge < -0.3 is 14.5 Å². The predicted molar refractivity (Wildman–Crippen MR) is 96.3 cm³/mol. The lowest BCUT2D eigenvalue weighted by Gasteiger charge is -2.28. The number of benzene rings is 1. The second kappa shape index (κ2) is 10.3. The third kappa shape index (κ3) is 5.80. The van der Waals surface area contributed by atoms with Crippen molar-refractivity contribution in [2.45, 2.75) is 20.8 Å². The summed E-state index contributed by atoms with van der Waals surface area (Å²) in [4.78, 5) is 28.5. The van der Waals surface area contributed by atoms with Gasteiger partial charge in [0.05, 0.1) is 23.6 Å². The Hall–Kier alpha value is -1.59. The number of rotatable bonds is 9. The molecule has 0 aliphatic heterocycles. The molecule has 0 N–H and O–H groups in total. The zero-order chi connectivity index (χ0) is 18.1. The molecular weight excluding hydrogens is 328 g/mol. The normalized spacial score (nSPS) is 12.1. The van der Waals surface area contributed by atoms with Crippen LogP contribution in [0.5, 0.6) is 0 Å². The van der Waals surface area contributed by atoms with Gasteiger partial charge >= 0.3 is 5.97 Å². The number of ether oxygens (including phenoxy) is 1. The molecule has 6 heteroatoms. The van der Waals surface area contributed by atoms with E-state index in [1.165, 1.54) is 7.11 Å². The van der Waals surface area contributed by atoms with Gasteiger partial charge in [0, 0.05) is 19.6 Å². The number of likely N-dealkylation sites (N-methyl/N-ethyl adjacent to an activating group) is 1. The topological polar surface area (TPSA) is 49.9 Å². The Labute approximate surface area is 149 Å². The molecule has 1 aromatic rings. The summed E-state index contributed by atoms with van der Waals surface area (Å²) < 4.78 is 4.78. The van der Waals surface area contributed by atoms with Crippen LogP contribution in [0.2, 0.25) is 5.02 Å². The van der Waals surface area contributed by atoms with Gasteiger partial charge in [0.2, 0.25) is 0 Å². The van der Waals surface area contributed by atoms with Gasteiger partial charge in [0.25, 0.3) is 5.91 Å². The van der Waals surface area contributed by atoms with E-state index in [9.17, 15) is 9.59 Å². The minimum Gasteiger partial charge on any atom is -0.469 e. The van der Waals surface area contributed by atoms with Crippen molar-refractivity contribution in [3.63, 3.8) is 0 Å². The summed E-state index contributed by atoms with van der Waals surface area (Å²) in [7, 11) is 1.36. The molecule has 0 fully saturated rings. The van der Waals surface area contributed by atoms with Crippen molar-refractivity contribution in [1.29, 1.82) is 0 Å². The molecule has 0 aliphatic carbocycles. The first kappa shape index (κ1) is 20.5. The lowest BCUT2D eigenvalue weighted by atomic mass is 10.1. The number of esters is 1. The van der Waals surface area contributed by atoms with Crippen LogP contribution >= 0.6 is 11.6 Å². The summed E-state index contributed by atoms with van der Waals surface area (Å²) in [6.07, 6.45) is 0. The van der Waals surface area contributed by atoms with Gasteiger partial charge in [-0.1, -0.05) is 44.5 Å². The van der Waals surface area contributed by atoms with Crippen molar-refractivity contribution in [3.05, 3.63) is 34.9 Å². The molecule has 134 valence electrons. The van der Waals surface area contributed by atoms with Gasteiger partial charge in [-0.15, -0.1) is 0 Å². The second-order valence-corrected chi connectivity index (χ2v) is 6.09. The maximum absolute atomic E-state index is 12.9. The molecule has 0 radical (unpaired) electrons. The Balaban J connectivity index is 2.92. The number of methoxy groups -OCH3 is 1. The van der Waals surface area contributed by atoms with Crippen LogP contribution in [0.1, 0.15) is 31.1 Å². The highest BCUT2D eigenvalue weighted by atomic mass is 35.5. The molecule has 1 atom stereocenters. The maximum Gasteiger partial charge on any atom is 0.310 e. The third-order valence-corrected chi connectivity index (χ3v) is 4.40. The minimum atomic E-state index is -0.391. The second-order valence-electron chi connectivity index (χ2n) is 5.68. The van der Waals surface area contributed by atoms with Crippen LogP contribution in [-0.2, 0) is 9.53 Å². The smallest absolute Gasteiger partial charge is 0.310 e. The molecule has 24 heavy (non-hydrogen) atoms. The fourth-order valence-electron chi connectivity index (χ4n) is 2.49. The standard InChI is InChI=1S/C18H27ClN2O3/c1-5-20(6-2)11-12-21(13-14(3)18(23)24-4)17(22)15-9-7-8-10-16(15)19/h7-10,14H,5-6,11-13H2,1-4H3. The molecule has 0 aromatic heterocycles. The fourth-order valence-corrected chi connectivity index (χ4v) is 2.71. The summed E-state index contributed by atoms with van der Waals surface area (Å²) in [6, 6.07) is 6.97. The van der Waals surface area contributed by atoms with Crippen molar-refractivity contribution in [1.82, 2.24) is 9.80 Å². The van der Waals surface area contributed by atoms with E-state index in [0.717, 1.165) is 19.6 Å². The van der Waals surface area contributed by atoms with Gasteiger partial charge in [-0.25, -0.2) is 0 Å². The molecule has 0 spiro atoms. The van der Waals surface area contributed by atoms with E-state index in [2.05, 4.69) is 18.7 Å². The van der Waals surface area contributed by atoms with E-state index >= 15 is 0 Å². The molecule has 0 saturated carbocycles. The van der Waals surface area contributed by atoms with Crippen molar-refractivity contribution in [2.24, 2.45) is 5.92 Å². The van der Waals surface area contributed by atoms with E-state index in [1.54, 1.807) is 36.1 Å². The highest BCUT2D eigenvalue weighted by Gasteiger charge is 2.24. The van der Waals surface area contributed by atoms with Crippen molar-refractivity contribution >= 4 is 23.5 Å². The monoisotopic (exact) mass is 354 g/mol. The van der Waals surface area contributed by atoms with Crippen LogP contribution in [0.15, 0.2) is 24.3 Å². The van der Waals surface area contributed by atoms with Gasteiger partial charge in [-0.05, 0) is 25.2 Å². The zero-order valence-corrected chi connectivity index (χ0v) is 15.7. The average Bonchev–Trinajstić information content (AvgIpc) is 2.60. The first-order valence-corrected chi connectivity index (χ1v) is 8.66. The number of hydrogen-bond acceptors (Lipinski definition) is 4. The first-order valence-electron chi connectivity index (χ1n) is 8.28. The maximum atomic E-state index is 12.9. The van der Waals surface area contributed by atoms with Crippen LogP contribution in [-0.4, -0.2) is 61.5 Å². The van der Waals surface area contributed by atoms with E-state index in [1.807, 2.05) is 0 Å². The quantitative estimate of drug-likeness (QED) is 0.640. The van der Waals surface area contributed by atoms with Crippen molar-refractivity contribution < 1.29 is 14.3 Å². The molecule has 5 nitrogen and oxygen atoms in total. The van der Waals surface area contributed by atoms with E-state index in [4.69, 9.17) is 16.3 Å². The largest absolute Gasteiger partial charge is 0.469 e. The Morgan fingerprint density at radius 3 is 2.33 bits per heavy atom. The van der Waals surface area contributed by atoms with Crippen molar-refractivity contribution in [3.8, 4) is 0 Å². The molecule has 0 saturated heterocycles. The fraction of sp³-hybridized carbons (Fsp3) is 0.556. The molecule has 0 heterocycles. The molecule has 1 unspecified atom stereocenters. The zero-order valence-electron chi connectivity index (χ0n) is 14.9. The third-order valence-electron chi connectivity index (χ3n) is 4.07. The van der Waals surface area contributed by atoms with Gasteiger partial charge in [0.1, 0.15) is 0 Å². The molecule has 1 rings (SSSR count). The number of amides is 1. The molecule has 1 amide bonds. The minimum absolute atomic E-state index is 0.163. The van der Waals surface area contributed by atoms with Gasteiger partial charge in [0.15, 0.2) is 0 Å². The van der Waals surface area contributed by atoms with Crippen LogP contribution in [0, 0.1) is 5.92 Å². The van der Waals surface area contributed by atoms with E-state index in [0.29, 0.717) is 23.7 Å². The lowest BCUT2D eigenvalue weighted by molar-refractivity contribution is -0.145. The van der Waals surface area contributed by atoms with Crippen LogP contribution < -0.4 is 0 Å². The molecular formula is C18H27ClN2O3. The van der Waals surface area contributed by atoms with E-state index in [-0.39, 0.29) is 11.9 Å². The summed E-state index contributed by atoms with van der Waals surface area (Å²) >= 11 is 6.16. The highest BCUT2D eigenvalue weighted by Crippen LogP contribution is 2.18. The average molecular weight is 355 g/mol. The predicted octanol–water partition coefficient (Wildman–Crippen LogP) is 2.93. The van der Waals surface area contributed by atoms with Crippen molar-refractivity contribution in [2.75, 3.05) is 39.8 Å².